The molecule has 0 aliphatic carbocycles. The molecule has 7 heteroatoms. The van der Waals surface area contributed by atoms with E-state index < -0.39 is 12.1 Å². The zero-order valence-corrected chi connectivity index (χ0v) is 32.7. The number of ketones is 1. The maximum Gasteiger partial charge on any atom is 0.306 e. The quantitative estimate of drug-likeness (QED) is 0.0513. The highest BCUT2D eigenvalue weighted by molar-refractivity contribution is 5.88. The minimum absolute atomic E-state index is 0.0359. The molecule has 49 heavy (non-hydrogen) atoms. The van der Waals surface area contributed by atoms with Gasteiger partial charge in [-0.2, -0.15) is 0 Å². The smallest absolute Gasteiger partial charge is 0.306 e. The molecule has 0 saturated heterocycles. The molecule has 0 heterocycles. The lowest BCUT2D eigenvalue weighted by Gasteiger charge is -2.20. The van der Waals surface area contributed by atoms with E-state index in [2.05, 4.69) is 19.2 Å². The summed E-state index contributed by atoms with van der Waals surface area (Å²) in [4.78, 5) is 49.4. The van der Waals surface area contributed by atoms with Gasteiger partial charge in [0.05, 0.1) is 6.04 Å². The topological polar surface area (TPSA) is 98.8 Å². The highest BCUT2D eigenvalue weighted by Crippen LogP contribution is 2.16. The molecule has 1 N–H and O–H groups in total. The van der Waals surface area contributed by atoms with Crippen LogP contribution in [0.3, 0.4) is 0 Å². The number of rotatable bonds is 37. The molecule has 0 aromatic carbocycles. The molecule has 0 aromatic heterocycles. The van der Waals surface area contributed by atoms with Crippen LogP contribution in [0.4, 0.5) is 0 Å². The number of hydrogen-bond donors (Lipinski definition) is 1. The fourth-order valence-electron chi connectivity index (χ4n) is 6.39. The number of hydrogen-bond acceptors (Lipinski definition) is 6. The van der Waals surface area contributed by atoms with Crippen LogP contribution in [0.5, 0.6) is 0 Å². The predicted octanol–water partition coefficient (Wildman–Crippen LogP) is 11.7. The lowest BCUT2D eigenvalue weighted by atomic mass is 10.0. The van der Waals surface area contributed by atoms with Gasteiger partial charge in [-0.05, 0) is 25.7 Å². The standard InChI is InChI=1S/C42H79NO6/c1-5-8-10-12-14-16-18-20-22-24-26-28-30-32-41(46)48-36-38(34-35-40(45)39(7-3)43-37(4)44)49-42(47)33-31-29-27-25-23-21-19-17-15-13-11-9-6-2/h38-39H,5-36H2,1-4H3,(H,43,44)/t38-,39+/m0/s1. The van der Waals surface area contributed by atoms with E-state index in [1.165, 1.54) is 135 Å². The summed E-state index contributed by atoms with van der Waals surface area (Å²) in [5.41, 5.74) is 0. The van der Waals surface area contributed by atoms with Crippen molar-refractivity contribution in [2.24, 2.45) is 0 Å². The SMILES string of the molecule is CCCCCCCCCCCCCCCC(=O)OC[C@H](CCC(=O)[C@@H](CC)NC(C)=O)OC(=O)CCCCCCCCCCCCCCC. The molecule has 0 saturated carbocycles. The molecule has 7 nitrogen and oxygen atoms in total. The predicted molar refractivity (Wildman–Crippen MR) is 204 cm³/mol. The fraction of sp³-hybridized carbons (Fsp3) is 0.905. The van der Waals surface area contributed by atoms with Gasteiger partial charge in [0, 0.05) is 26.2 Å². The first-order valence-electron chi connectivity index (χ1n) is 21.0. The molecular weight excluding hydrogens is 614 g/mol. The van der Waals surface area contributed by atoms with Crippen molar-refractivity contribution < 1.29 is 28.7 Å². The molecular formula is C42H79NO6. The van der Waals surface area contributed by atoms with Gasteiger partial charge in [-0.25, -0.2) is 0 Å². The lowest BCUT2D eigenvalue weighted by Crippen LogP contribution is -2.39. The van der Waals surface area contributed by atoms with Gasteiger partial charge >= 0.3 is 11.9 Å². The Labute approximate surface area is 302 Å². The molecule has 0 rings (SSSR count). The molecule has 288 valence electrons. The Morgan fingerprint density at radius 3 is 1.22 bits per heavy atom. The van der Waals surface area contributed by atoms with Gasteiger partial charge in [0.1, 0.15) is 12.7 Å². The molecule has 0 spiro atoms. The maximum atomic E-state index is 12.7. The number of amides is 1. The van der Waals surface area contributed by atoms with Crippen LogP contribution < -0.4 is 5.32 Å². The molecule has 1 amide bonds. The van der Waals surface area contributed by atoms with Crippen molar-refractivity contribution in [1.29, 1.82) is 0 Å². The third kappa shape index (κ3) is 33.0. The van der Waals surface area contributed by atoms with E-state index >= 15 is 0 Å². The highest BCUT2D eigenvalue weighted by atomic mass is 16.6. The summed E-state index contributed by atoms with van der Waals surface area (Å²) in [6.45, 7) is 7.72. The van der Waals surface area contributed by atoms with E-state index in [-0.39, 0.29) is 43.1 Å². The second-order valence-electron chi connectivity index (χ2n) is 14.4. The molecule has 0 radical (unpaired) electrons. The molecule has 0 aliphatic heterocycles. The van der Waals surface area contributed by atoms with Gasteiger partial charge in [0.2, 0.25) is 5.91 Å². The van der Waals surface area contributed by atoms with E-state index in [1.807, 2.05) is 6.92 Å². The summed E-state index contributed by atoms with van der Waals surface area (Å²) >= 11 is 0. The molecule has 0 aromatic rings. The van der Waals surface area contributed by atoms with E-state index in [0.717, 1.165) is 38.5 Å². The van der Waals surface area contributed by atoms with Crippen LogP contribution >= 0.6 is 0 Å². The number of nitrogens with one attached hydrogen (secondary N) is 1. The van der Waals surface area contributed by atoms with Gasteiger partial charge in [-0.3, -0.25) is 19.2 Å². The van der Waals surface area contributed by atoms with E-state index in [4.69, 9.17) is 9.47 Å². The minimum atomic E-state index is -0.663. The number of Topliss-reactive ketones (excluding diaryl/α,β-unsaturated/α-hetero) is 1. The zero-order chi connectivity index (χ0) is 36.2. The van der Waals surface area contributed by atoms with Crippen molar-refractivity contribution in [1.82, 2.24) is 5.32 Å². The second-order valence-corrected chi connectivity index (χ2v) is 14.4. The van der Waals surface area contributed by atoms with Crippen LogP contribution in [0.1, 0.15) is 227 Å². The molecule has 0 bridgehead atoms. The molecule has 2 atom stereocenters. The monoisotopic (exact) mass is 694 g/mol. The van der Waals surface area contributed by atoms with Gasteiger partial charge in [0.15, 0.2) is 5.78 Å². The van der Waals surface area contributed by atoms with Crippen LogP contribution in [-0.2, 0) is 28.7 Å². The Hall–Kier alpha value is -1.92. The zero-order valence-electron chi connectivity index (χ0n) is 32.7. The van der Waals surface area contributed by atoms with Crippen LogP contribution in [0.15, 0.2) is 0 Å². The summed E-state index contributed by atoms with van der Waals surface area (Å²) in [5, 5.41) is 2.69. The largest absolute Gasteiger partial charge is 0.462 e. The first kappa shape index (κ1) is 47.1. The second kappa shape index (κ2) is 35.9. The average molecular weight is 694 g/mol. The van der Waals surface area contributed by atoms with Gasteiger partial charge in [-0.15, -0.1) is 0 Å². The Bertz CT molecular complexity index is 800. The number of carbonyl (C=O) groups is 4. The third-order valence-corrected chi connectivity index (χ3v) is 9.58. The van der Waals surface area contributed by atoms with Crippen molar-refractivity contribution in [2.45, 2.75) is 239 Å². The molecule has 0 unspecified atom stereocenters. The van der Waals surface area contributed by atoms with Crippen LogP contribution in [0.25, 0.3) is 0 Å². The third-order valence-electron chi connectivity index (χ3n) is 9.58. The van der Waals surface area contributed by atoms with E-state index in [1.54, 1.807) is 0 Å². The van der Waals surface area contributed by atoms with Gasteiger partial charge < -0.3 is 14.8 Å². The molecule has 0 fully saturated rings. The van der Waals surface area contributed by atoms with E-state index in [9.17, 15) is 19.2 Å². The lowest BCUT2D eigenvalue weighted by molar-refractivity contribution is -0.160. The van der Waals surface area contributed by atoms with Crippen molar-refractivity contribution >= 4 is 23.6 Å². The average Bonchev–Trinajstić information content (AvgIpc) is 3.08. The number of ether oxygens (including phenoxy) is 2. The Morgan fingerprint density at radius 1 is 0.490 bits per heavy atom. The van der Waals surface area contributed by atoms with Crippen molar-refractivity contribution in [3.05, 3.63) is 0 Å². The molecule has 0 aliphatic rings. The van der Waals surface area contributed by atoms with Crippen LogP contribution in [0, 0.1) is 0 Å². The first-order chi connectivity index (χ1) is 23.8. The Balaban J connectivity index is 4.33. The van der Waals surface area contributed by atoms with Crippen LogP contribution in [-0.4, -0.2) is 42.4 Å². The van der Waals surface area contributed by atoms with Crippen molar-refractivity contribution in [2.75, 3.05) is 6.61 Å². The first-order valence-corrected chi connectivity index (χ1v) is 21.0. The minimum Gasteiger partial charge on any atom is -0.462 e. The van der Waals surface area contributed by atoms with Gasteiger partial charge in [-0.1, -0.05) is 175 Å². The number of esters is 2. The Morgan fingerprint density at radius 2 is 0.857 bits per heavy atom. The van der Waals surface area contributed by atoms with Crippen molar-refractivity contribution in [3.8, 4) is 0 Å². The van der Waals surface area contributed by atoms with Gasteiger partial charge in [0.25, 0.3) is 0 Å². The Kier molecular flexibility index (Phi) is 34.5. The summed E-state index contributed by atoms with van der Waals surface area (Å²) in [6, 6.07) is -0.558. The summed E-state index contributed by atoms with van der Waals surface area (Å²) in [6.07, 6.45) is 33.3. The highest BCUT2D eigenvalue weighted by Gasteiger charge is 2.22. The maximum absolute atomic E-state index is 12.7. The van der Waals surface area contributed by atoms with Crippen LogP contribution in [0.2, 0.25) is 0 Å². The van der Waals surface area contributed by atoms with Crippen molar-refractivity contribution in [3.63, 3.8) is 0 Å². The summed E-state index contributed by atoms with van der Waals surface area (Å²) < 4.78 is 11.2. The van der Waals surface area contributed by atoms with E-state index in [0.29, 0.717) is 19.3 Å². The summed E-state index contributed by atoms with van der Waals surface area (Å²) in [7, 11) is 0. The number of unbranched alkanes of at least 4 members (excludes halogenated alkanes) is 24. The fourth-order valence-corrected chi connectivity index (χ4v) is 6.39. The number of carbonyl (C=O) groups excluding carboxylic acids is 4. The normalized spacial score (nSPS) is 12.4. The summed E-state index contributed by atoms with van der Waals surface area (Å²) in [5.74, 6) is -0.935.